The van der Waals surface area contributed by atoms with Crippen LogP contribution in [0, 0.1) is 12.3 Å². The molecule has 5 nitrogen and oxygen atoms in total. The van der Waals surface area contributed by atoms with E-state index in [9.17, 15) is 9.59 Å². The summed E-state index contributed by atoms with van der Waals surface area (Å²) in [6, 6.07) is -0.623. The van der Waals surface area contributed by atoms with E-state index < -0.39 is 5.97 Å². The fraction of sp³-hybridized carbons (Fsp3) is 0.636. The van der Waals surface area contributed by atoms with Gasteiger partial charge in [0, 0.05) is 13.6 Å². The zero-order valence-corrected chi connectivity index (χ0v) is 9.69. The van der Waals surface area contributed by atoms with Gasteiger partial charge in [-0.3, -0.25) is 4.79 Å². The number of rotatable bonds is 6. The van der Waals surface area contributed by atoms with Crippen molar-refractivity contribution in [3.8, 4) is 12.3 Å². The van der Waals surface area contributed by atoms with Crippen molar-refractivity contribution >= 4 is 12.0 Å². The van der Waals surface area contributed by atoms with Gasteiger partial charge in [-0.05, 0) is 6.42 Å². The first kappa shape index (κ1) is 14.3. The van der Waals surface area contributed by atoms with Gasteiger partial charge in [0.2, 0.25) is 0 Å². The molecule has 16 heavy (non-hydrogen) atoms. The summed E-state index contributed by atoms with van der Waals surface area (Å²) >= 11 is 0. The molecule has 5 heteroatoms. The van der Waals surface area contributed by atoms with E-state index in [0.29, 0.717) is 0 Å². The van der Waals surface area contributed by atoms with Gasteiger partial charge in [-0.1, -0.05) is 19.3 Å². The van der Waals surface area contributed by atoms with Crippen molar-refractivity contribution in [3.63, 3.8) is 0 Å². The highest BCUT2D eigenvalue weighted by molar-refractivity contribution is 5.75. The predicted molar refractivity (Wildman–Crippen MR) is 60.9 cm³/mol. The number of terminal acetylenes is 1. The topological polar surface area (TPSA) is 69.6 Å². The van der Waals surface area contributed by atoms with Gasteiger partial charge in [0.1, 0.15) is 0 Å². The van der Waals surface area contributed by atoms with Gasteiger partial charge in [0.15, 0.2) is 0 Å². The average molecular weight is 226 g/mol. The van der Waals surface area contributed by atoms with Gasteiger partial charge in [-0.15, -0.1) is 6.42 Å². The third-order valence-corrected chi connectivity index (χ3v) is 2.08. The lowest BCUT2D eigenvalue weighted by Gasteiger charge is -2.19. The van der Waals surface area contributed by atoms with Crippen molar-refractivity contribution in [2.45, 2.75) is 32.2 Å². The predicted octanol–water partition coefficient (Wildman–Crippen LogP) is 0.904. The molecule has 0 aliphatic carbocycles. The molecule has 0 aromatic rings. The van der Waals surface area contributed by atoms with Gasteiger partial charge < -0.3 is 15.3 Å². The van der Waals surface area contributed by atoms with Crippen molar-refractivity contribution < 1.29 is 14.7 Å². The molecule has 0 saturated carbocycles. The number of carbonyl (C=O) groups is 2. The van der Waals surface area contributed by atoms with Crippen LogP contribution in [-0.4, -0.2) is 41.6 Å². The summed E-state index contributed by atoms with van der Waals surface area (Å²) in [5.41, 5.74) is 0. The molecule has 0 aromatic carbocycles. The number of amides is 2. The minimum atomic E-state index is -0.929. The molecule has 0 aliphatic rings. The molecule has 1 atom stereocenters. The first-order valence-corrected chi connectivity index (χ1v) is 5.20. The first-order valence-electron chi connectivity index (χ1n) is 5.20. The highest BCUT2D eigenvalue weighted by atomic mass is 16.4. The quantitative estimate of drug-likeness (QED) is 0.661. The summed E-state index contributed by atoms with van der Waals surface area (Å²) < 4.78 is 0. The van der Waals surface area contributed by atoms with Crippen LogP contribution in [0.1, 0.15) is 26.2 Å². The number of hydrogen-bond acceptors (Lipinski definition) is 2. The van der Waals surface area contributed by atoms with Crippen LogP contribution in [0.5, 0.6) is 0 Å². The van der Waals surface area contributed by atoms with E-state index in [0.717, 1.165) is 12.8 Å². The number of urea groups is 1. The summed E-state index contributed by atoms with van der Waals surface area (Å²) in [7, 11) is 1.54. The Morgan fingerprint density at radius 3 is 2.62 bits per heavy atom. The third kappa shape index (κ3) is 5.91. The Labute approximate surface area is 95.8 Å². The number of hydrogen-bond donors (Lipinski definition) is 2. The molecule has 0 bridgehead atoms. The van der Waals surface area contributed by atoms with Crippen LogP contribution in [-0.2, 0) is 4.79 Å². The molecular formula is C11H18N2O3. The summed E-state index contributed by atoms with van der Waals surface area (Å²) in [4.78, 5) is 23.2. The molecule has 2 N–H and O–H groups in total. The SMILES string of the molecule is C#CC(CCC)NC(=O)N(C)CCC(=O)O. The van der Waals surface area contributed by atoms with E-state index in [1.54, 1.807) is 0 Å². The van der Waals surface area contributed by atoms with Crippen LogP contribution in [0.15, 0.2) is 0 Å². The summed E-state index contributed by atoms with van der Waals surface area (Å²) in [5.74, 6) is 1.55. The maximum Gasteiger partial charge on any atom is 0.318 e. The van der Waals surface area contributed by atoms with Crippen molar-refractivity contribution in [1.29, 1.82) is 0 Å². The van der Waals surface area contributed by atoms with Crippen molar-refractivity contribution in [2.24, 2.45) is 0 Å². The molecule has 0 rings (SSSR count). The maximum atomic E-state index is 11.5. The van der Waals surface area contributed by atoms with Crippen LogP contribution in [0.2, 0.25) is 0 Å². The molecular weight excluding hydrogens is 208 g/mol. The van der Waals surface area contributed by atoms with Crippen molar-refractivity contribution in [2.75, 3.05) is 13.6 Å². The molecule has 1 unspecified atom stereocenters. The van der Waals surface area contributed by atoms with Gasteiger partial charge >= 0.3 is 12.0 Å². The van der Waals surface area contributed by atoms with Crippen molar-refractivity contribution in [1.82, 2.24) is 10.2 Å². The Morgan fingerprint density at radius 2 is 2.19 bits per heavy atom. The molecule has 0 fully saturated rings. The van der Waals surface area contributed by atoms with Crippen molar-refractivity contribution in [3.05, 3.63) is 0 Å². The van der Waals surface area contributed by atoms with E-state index >= 15 is 0 Å². The first-order chi connectivity index (χ1) is 7.51. The highest BCUT2D eigenvalue weighted by Gasteiger charge is 2.13. The normalized spacial score (nSPS) is 11.3. The van der Waals surface area contributed by atoms with E-state index in [-0.39, 0.29) is 25.0 Å². The lowest BCUT2D eigenvalue weighted by molar-refractivity contribution is -0.137. The summed E-state index contributed by atoms with van der Waals surface area (Å²) in [5, 5.41) is 11.1. The number of carbonyl (C=O) groups excluding carboxylic acids is 1. The lowest BCUT2D eigenvalue weighted by Crippen LogP contribution is -2.43. The van der Waals surface area contributed by atoms with Crippen LogP contribution in [0.3, 0.4) is 0 Å². The standard InChI is InChI=1S/C11H18N2O3/c1-4-6-9(5-2)12-11(16)13(3)8-7-10(14)15/h2,9H,4,6-8H2,1,3H3,(H,12,16)(H,14,15). The van der Waals surface area contributed by atoms with Crippen LogP contribution in [0.4, 0.5) is 4.79 Å². The third-order valence-electron chi connectivity index (χ3n) is 2.08. The molecule has 0 saturated heterocycles. The molecule has 0 radical (unpaired) electrons. The monoisotopic (exact) mass is 226 g/mol. The van der Waals surface area contributed by atoms with E-state index in [4.69, 9.17) is 11.5 Å². The second kappa shape index (κ2) is 7.57. The molecule has 0 aliphatic heterocycles. The average Bonchev–Trinajstić information content (AvgIpc) is 2.24. The minimum Gasteiger partial charge on any atom is -0.481 e. The van der Waals surface area contributed by atoms with E-state index in [2.05, 4.69) is 11.2 Å². The molecule has 0 heterocycles. The lowest BCUT2D eigenvalue weighted by atomic mass is 10.2. The number of nitrogens with one attached hydrogen (secondary N) is 1. The molecule has 0 spiro atoms. The fourth-order valence-electron chi connectivity index (χ4n) is 1.11. The zero-order valence-electron chi connectivity index (χ0n) is 9.69. The largest absolute Gasteiger partial charge is 0.481 e. The zero-order chi connectivity index (χ0) is 12.6. The summed E-state index contributed by atoms with van der Waals surface area (Å²) in [6.07, 6.45) is 6.78. The molecule has 90 valence electrons. The number of carboxylic acid groups (broad SMARTS) is 1. The second-order valence-corrected chi connectivity index (χ2v) is 3.52. The Kier molecular flexibility index (Phi) is 6.77. The second-order valence-electron chi connectivity index (χ2n) is 3.52. The van der Waals surface area contributed by atoms with Gasteiger partial charge in [-0.25, -0.2) is 4.79 Å². The van der Waals surface area contributed by atoms with Gasteiger partial charge in [0.25, 0.3) is 0 Å². The van der Waals surface area contributed by atoms with Crippen LogP contribution >= 0.6 is 0 Å². The van der Waals surface area contributed by atoms with E-state index in [1.165, 1.54) is 11.9 Å². The Hall–Kier alpha value is -1.70. The maximum absolute atomic E-state index is 11.5. The number of carboxylic acids is 1. The number of nitrogens with zero attached hydrogens (tertiary/aromatic N) is 1. The van der Waals surface area contributed by atoms with Gasteiger partial charge in [0.05, 0.1) is 12.5 Å². The Balaban J connectivity index is 4.03. The Bertz CT molecular complexity index is 283. The molecule has 2 amide bonds. The molecule has 0 aromatic heterocycles. The van der Waals surface area contributed by atoms with Crippen LogP contribution in [0.25, 0.3) is 0 Å². The Morgan fingerprint density at radius 1 is 1.56 bits per heavy atom. The smallest absolute Gasteiger partial charge is 0.318 e. The minimum absolute atomic E-state index is 0.0710. The van der Waals surface area contributed by atoms with Crippen LogP contribution < -0.4 is 5.32 Å². The van der Waals surface area contributed by atoms with Gasteiger partial charge in [-0.2, -0.15) is 0 Å². The summed E-state index contributed by atoms with van der Waals surface area (Å²) in [6.45, 7) is 2.15. The number of aliphatic carboxylic acids is 1. The van der Waals surface area contributed by atoms with E-state index in [1.807, 2.05) is 6.92 Å². The fourth-order valence-corrected chi connectivity index (χ4v) is 1.11. The highest BCUT2D eigenvalue weighted by Crippen LogP contribution is 1.97.